The number of hydrogen-bond acceptors (Lipinski definition) is 6. The highest BCUT2D eigenvalue weighted by Gasteiger charge is 2.51. The summed E-state index contributed by atoms with van der Waals surface area (Å²) in [6.45, 7) is 5.41. The number of ether oxygens (including phenoxy) is 1. The van der Waals surface area contributed by atoms with Gasteiger partial charge in [-0.2, -0.15) is 0 Å². The molecular weight excluding hydrogens is 554 g/mol. The Balaban J connectivity index is 1.25. The van der Waals surface area contributed by atoms with E-state index in [0.717, 1.165) is 82.3 Å². The number of piperidine rings is 2. The first-order valence-electron chi connectivity index (χ1n) is 16.1. The van der Waals surface area contributed by atoms with Crippen LogP contribution in [-0.4, -0.2) is 79.2 Å². The van der Waals surface area contributed by atoms with Crippen LogP contribution in [0, 0.1) is 16.7 Å². The van der Waals surface area contributed by atoms with Crippen molar-refractivity contribution in [2.75, 3.05) is 44.7 Å². The third-order valence-electron chi connectivity index (χ3n) is 10.7. The van der Waals surface area contributed by atoms with Gasteiger partial charge in [0.25, 0.3) is 0 Å². The van der Waals surface area contributed by atoms with E-state index in [1.165, 1.54) is 18.2 Å². The van der Waals surface area contributed by atoms with Crippen LogP contribution in [0.3, 0.4) is 0 Å². The third-order valence-corrected chi connectivity index (χ3v) is 10.7. The number of nitrogens with zero attached hydrogens (tertiary/aromatic N) is 3. The molecule has 234 valence electrons. The molecule has 9 heteroatoms. The number of nitrogens with two attached hydrogens (primary N) is 1. The molecule has 3 heterocycles. The van der Waals surface area contributed by atoms with Crippen LogP contribution in [0.25, 0.3) is 0 Å². The molecule has 2 aromatic rings. The molecule has 1 spiro atoms. The summed E-state index contributed by atoms with van der Waals surface area (Å²) in [5.74, 6) is 0.134. The predicted molar refractivity (Wildman–Crippen MR) is 170 cm³/mol. The van der Waals surface area contributed by atoms with Crippen molar-refractivity contribution >= 4 is 29.1 Å². The standard InChI is InChI=1S/C35H45N5O4/c1-23(41)25-8-6-24(7-9-25)20-31(42)32-29-4-3-5-30(38-15-10-27(44-2)11-16-38)28(29)12-17-40(32)33(43)26-21-35(22-26)13-18-39(19-14-35)34(36)37/h3-9,26-27,32H,10-22H2,1-2H3,(H3,36,37). The number of likely N-dealkylation sites (tertiary alicyclic amines) is 1. The maximum atomic E-state index is 14.2. The van der Waals surface area contributed by atoms with E-state index in [1.54, 1.807) is 19.2 Å². The van der Waals surface area contributed by atoms with Crippen molar-refractivity contribution in [3.05, 3.63) is 64.7 Å². The number of anilines is 1. The van der Waals surface area contributed by atoms with Gasteiger partial charge in [-0.15, -0.1) is 0 Å². The second-order valence-electron chi connectivity index (χ2n) is 13.3. The first-order chi connectivity index (χ1) is 21.2. The van der Waals surface area contributed by atoms with E-state index >= 15 is 0 Å². The highest BCUT2D eigenvalue weighted by Crippen LogP contribution is 2.54. The van der Waals surface area contributed by atoms with E-state index in [4.69, 9.17) is 15.9 Å². The Labute approximate surface area is 260 Å². The Bertz CT molecular complexity index is 1420. The lowest BCUT2D eigenvalue weighted by molar-refractivity contribution is -0.151. The van der Waals surface area contributed by atoms with Gasteiger partial charge in [0.1, 0.15) is 6.04 Å². The van der Waals surface area contributed by atoms with E-state index in [-0.39, 0.29) is 47.3 Å². The van der Waals surface area contributed by atoms with Gasteiger partial charge in [-0.3, -0.25) is 19.8 Å². The van der Waals surface area contributed by atoms with Gasteiger partial charge in [0.15, 0.2) is 17.5 Å². The Morgan fingerprint density at radius 3 is 2.27 bits per heavy atom. The number of rotatable bonds is 7. The molecule has 9 nitrogen and oxygen atoms in total. The van der Waals surface area contributed by atoms with Crippen molar-refractivity contribution in [2.45, 2.75) is 70.4 Å². The lowest BCUT2D eigenvalue weighted by Crippen LogP contribution is -2.55. The van der Waals surface area contributed by atoms with Crippen LogP contribution >= 0.6 is 0 Å². The summed E-state index contributed by atoms with van der Waals surface area (Å²) in [7, 11) is 1.78. The Morgan fingerprint density at radius 1 is 0.977 bits per heavy atom. The highest BCUT2D eigenvalue weighted by molar-refractivity contribution is 5.95. The molecule has 0 radical (unpaired) electrons. The zero-order chi connectivity index (χ0) is 31.0. The zero-order valence-corrected chi connectivity index (χ0v) is 26.0. The molecule has 1 saturated carbocycles. The van der Waals surface area contributed by atoms with Gasteiger partial charge in [-0.1, -0.05) is 36.4 Å². The molecule has 0 bridgehead atoms. The molecule has 3 N–H and O–H groups in total. The number of benzene rings is 2. The smallest absolute Gasteiger partial charge is 0.226 e. The lowest BCUT2D eigenvalue weighted by Gasteiger charge is -2.53. The van der Waals surface area contributed by atoms with Crippen LogP contribution < -0.4 is 10.6 Å². The molecule has 0 aromatic heterocycles. The molecule has 3 fully saturated rings. The van der Waals surface area contributed by atoms with Gasteiger partial charge in [0.2, 0.25) is 5.91 Å². The second-order valence-corrected chi connectivity index (χ2v) is 13.3. The largest absolute Gasteiger partial charge is 0.381 e. The number of ketones is 2. The Morgan fingerprint density at radius 2 is 1.66 bits per heavy atom. The fraction of sp³-hybridized carbons (Fsp3) is 0.543. The molecule has 44 heavy (non-hydrogen) atoms. The van der Waals surface area contributed by atoms with Crippen LogP contribution in [0.1, 0.15) is 78.5 Å². The summed E-state index contributed by atoms with van der Waals surface area (Å²) in [4.78, 5) is 46.4. The normalized spacial score (nSPS) is 22.0. The van der Waals surface area contributed by atoms with Gasteiger partial charge in [-0.05, 0) is 80.0 Å². The monoisotopic (exact) mass is 599 g/mol. The van der Waals surface area contributed by atoms with Crippen molar-refractivity contribution < 1.29 is 19.1 Å². The average molecular weight is 600 g/mol. The van der Waals surface area contributed by atoms with Crippen LogP contribution in [0.4, 0.5) is 5.69 Å². The average Bonchev–Trinajstić information content (AvgIpc) is 3.02. The van der Waals surface area contributed by atoms with Gasteiger partial charge in [0, 0.05) is 63.4 Å². The number of Topliss-reactive ketones (excluding diaryl/α,β-unsaturated/α-hetero) is 2. The van der Waals surface area contributed by atoms with E-state index in [0.29, 0.717) is 12.1 Å². The number of carbonyl (C=O) groups excluding carboxylic acids is 3. The van der Waals surface area contributed by atoms with Crippen molar-refractivity contribution in [1.29, 1.82) is 5.41 Å². The first-order valence-corrected chi connectivity index (χ1v) is 16.1. The topological polar surface area (TPSA) is 120 Å². The molecule has 6 rings (SSSR count). The molecule has 2 aromatic carbocycles. The van der Waals surface area contributed by atoms with E-state index in [9.17, 15) is 14.4 Å². The minimum absolute atomic E-state index is 0.00634. The molecule has 4 aliphatic rings. The summed E-state index contributed by atoms with van der Waals surface area (Å²) in [5.41, 5.74) is 10.6. The molecule has 1 amide bonds. The van der Waals surface area contributed by atoms with E-state index < -0.39 is 6.04 Å². The molecule has 1 unspecified atom stereocenters. The third kappa shape index (κ3) is 5.86. The fourth-order valence-corrected chi connectivity index (χ4v) is 8.04. The maximum Gasteiger partial charge on any atom is 0.226 e. The summed E-state index contributed by atoms with van der Waals surface area (Å²) in [5, 5.41) is 7.75. The zero-order valence-electron chi connectivity index (χ0n) is 26.0. The molecule has 1 atom stereocenters. The number of carbonyl (C=O) groups is 3. The summed E-state index contributed by atoms with van der Waals surface area (Å²) >= 11 is 0. The molecule has 2 saturated heterocycles. The van der Waals surface area contributed by atoms with Gasteiger partial charge in [0.05, 0.1) is 6.10 Å². The first kappa shape index (κ1) is 30.3. The van der Waals surface area contributed by atoms with Crippen molar-refractivity contribution in [1.82, 2.24) is 9.80 Å². The minimum atomic E-state index is -0.633. The SMILES string of the molecule is COC1CCN(c2cccc3c2CCN(C(=O)C2CC4(CCN(C(=N)N)CC4)C2)C3C(=O)Cc2ccc(C(C)=O)cc2)CC1. The maximum absolute atomic E-state index is 14.2. The predicted octanol–water partition coefficient (Wildman–Crippen LogP) is 4.13. The highest BCUT2D eigenvalue weighted by atomic mass is 16.5. The van der Waals surface area contributed by atoms with Crippen LogP contribution in [-0.2, 0) is 27.2 Å². The summed E-state index contributed by atoms with van der Waals surface area (Å²) in [6.07, 6.45) is 6.71. The number of methoxy groups -OCH3 is 1. The van der Waals surface area contributed by atoms with Gasteiger partial charge >= 0.3 is 0 Å². The number of fused-ring (bicyclic) bond motifs is 1. The van der Waals surface area contributed by atoms with Crippen molar-refractivity contribution in [2.24, 2.45) is 17.1 Å². The number of nitrogens with one attached hydrogen (secondary N) is 1. The van der Waals surface area contributed by atoms with Gasteiger partial charge in [-0.25, -0.2) is 0 Å². The lowest BCUT2D eigenvalue weighted by atomic mass is 9.57. The van der Waals surface area contributed by atoms with Crippen LogP contribution in [0.5, 0.6) is 0 Å². The molecular formula is C35H45N5O4. The summed E-state index contributed by atoms with van der Waals surface area (Å²) in [6, 6.07) is 12.9. The van der Waals surface area contributed by atoms with Crippen LogP contribution in [0.15, 0.2) is 42.5 Å². The quantitative estimate of drug-likeness (QED) is 0.279. The van der Waals surface area contributed by atoms with Crippen LogP contribution in [0.2, 0.25) is 0 Å². The van der Waals surface area contributed by atoms with Crippen molar-refractivity contribution in [3.8, 4) is 0 Å². The van der Waals surface area contributed by atoms with E-state index in [1.807, 2.05) is 34.1 Å². The minimum Gasteiger partial charge on any atom is -0.381 e. The second kappa shape index (κ2) is 12.3. The fourth-order valence-electron chi connectivity index (χ4n) is 8.04. The van der Waals surface area contributed by atoms with Gasteiger partial charge < -0.3 is 25.2 Å². The summed E-state index contributed by atoms with van der Waals surface area (Å²) < 4.78 is 5.60. The van der Waals surface area contributed by atoms with Crippen molar-refractivity contribution in [3.63, 3.8) is 0 Å². The number of amides is 1. The molecule has 1 aliphatic carbocycles. The van der Waals surface area contributed by atoms with E-state index in [2.05, 4.69) is 11.0 Å². The molecule has 3 aliphatic heterocycles. The Hall–Kier alpha value is -3.72. The number of hydrogen-bond donors (Lipinski definition) is 2. The number of guanidine groups is 1. The Kier molecular flexibility index (Phi) is 8.51.